The summed E-state index contributed by atoms with van der Waals surface area (Å²) in [6.07, 6.45) is -0.219. The van der Waals surface area contributed by atoms with Crippen LogP contribution in [0.2, 0.25) is 0 Å². The van der Waals surface area contributed by atoms with E-state index < -0.39 is 5.92 Å². The Balaban J connectivity index is 1.69. The molecule has 1 amide bonds. The molecule has 2 fully saturated rings. The van der Waals surface area contributed by atoms with Gasteiger partial charge in [0.2, 0.25) is 0 Å². The van der Waals surface area contributed by atoms with Crippen LogP contribution in [0.3, 0.4) is 0 Å². The summed E-state index contributed by atoms with van der Waals surface area (Å²) >= 11 is 0. The number of carbonyl (C=O) groups excluding carboxylic acids is 1. The van der Waals surface area contributed by atoms with E-state index in [1.54, 1.807) is 25.2 Å². The van der Waals surface area contributed by atoms with E-state index in [9.17, 15) is 13.6 Å². The van der Waals surface area contributed by atoms with Gasteiger partial charge in [-0.2, -0.15) is 5.26 Å². The van der Waals surface area contributed by atoms with Gasteiger partial charge in [-0.1, -0.05) is 6.07 Å². The smallest absolute Gasteiger partial charge is 0.262 e. The summed E-state index contributed by atoms with van der Waals surface area (Å²) in [4.78, 5) is 18.0. The van der Waals surface area contributed by atoms with Crippen molar-refractivity contribution in [3.8, 4) is 6.07 Å². The third-order valence-corrected chi connectivity index (χ3v) is 5.00. The fourth-order valence-electron chi connectivity index (χ4n) is 3.74. The molecule has 134 valence electrons. The second kappa shape index (κ2) is 6.70. The van der Waals surface area contributed by atoms with Crippen LogP contribution in [-0.2, 0) is 0 Å². The van der Waals surface area contributed by atoms with Gasteiger partial charge in [-0.15, -0.1) is 0 Å². The number of nitrogens with zero attached hydrogens (tertiary/aromatic N) is 4. The van der Waals surface area contributed by atoms with E-state index in [2.05, 4.69) is 4.90 Å². The zero-order valence-corrected chi connectivity index (χ0v) is 14.5. The normalized spacial score (nSPS) is 23.9. The number of benzene rings is 1. The Morgan fingerprint density at radius 3 is 2.80 bits per heavy atom. The van der Waals surface area contributed by atoms with Crippen LogP contribution < -0.4 is 0 Å². The summed E-state index contributed by atoms with van der Waals surface area (Å²) in [5.41, 5.74) is 0.812. The summed E-state index contributed by atoms with van der Waals surface area (Å²) in [6.45, 7) is 1.59. The second-order valence-electron chi connectivity index (χ2n) is 7.14. The van der Waals surface area contributed by atoms with E-state index in [0.29, 0.717) is 11.1 Å². The quantitative estimate of drug-likeness (QED) is 0.830. The molecule has 25 heavy (non-hydrogen) atoms. The zero-order valence-electron chi connectivity index (χ0n) is 14.5. The van der Waals surface area contributed by atoms with Crippen LogP contribution in [0.1, 0.15) is 22.3 Å². The maximum atomic E-state index is 13.9. The highest BCUT2D eigenvalue weighted by Gasteiger charge is 2.49. The SMILES string of the molecule is CN1CC(N2CC(F)(F)C[C@H]2CN(C)C(=O)c2cccc(C#N)c2)C1. The first-order chi connectivity index (χ1) is 11.8. The van der Waals surface area contributed by atoms with Crippen LogP contribution in [0.15, 0.2) is 24.3 Å². The molecule has 5 nitrogen and oxygen atoms in total. The van der Waals surface area contributed by atoms with Crippen LogP contribution in [0.4, 0.5) is 8.78 Å². The van der Waals surface area contributed by atoms with Crippen LogP contribution in [0.25, 0.3) is 0 Å². The molecular weight excluding hydrogens is 326 g/mol. The average Bonchev–Trinajstić information content (AvgIpc) is 2.85. The molecule has 0 bridgehead atoms. The Hall–Kier alpha value is -2.04. The number of carbonyl (C=O) groups is 1. The van der Waals surface area contributed by atoms with Gasteiger partial charge >= 0.3 is 0 Å². The van der Waals surface area contributed by atoms with Crippen molar-refractivity contribution in [1.29, 1.82) is 5.26 Å². The van der Waals surface area contributed by atoms with Crippen LogP contribution in [0.5, 0.6) is 0 Å². The molecule has 7 heteroatoms. The summed E-state index contributed by atoms with van der Waals surface area (Å²) < 4.78 is 27.9. The number of nitriles is 1. The minimum atomic E-state index is -2.70. The summed E-state index contributed by atoms with van der Waals surface area (Å²) in [5.74, 6) is -2.96. The molecule has 0 aromatic heterocycles. The van der Waals surface area contributed by atoms with Gasteiger partial charge in [-0.3, -0.25) is 9.69 Å². The highest BCUT2D eigenvalue weighted by atomic mass is 19.3. The van der Waals surface area contributed by atoms with Crippen LogP contribution >= 0.6 is 0 Å². The molecular formula is C18H22F2N4O. The van der Waals surface area contributed by atoms with Crippen molar-refractivity contribution in [2.75, 3.05) is 40.3 Å². The van der Waals surface area contributed by atoms with Crippen molar-refractivity contribution in [2.24, 2.45) is 0 Å². The predicted octanol–water partition coefficient (Wildman–Crippen LogP) is 1.65. The molecule has 2 saturated heterocycles. The largest absolute Gasteiger partial charge is 0.340 e. The molecule has 0 unspecified atom stereocenters. The number of halogens is 2. The van der Waals surface area contributed by atoms with Gasteiger partial charge in [0.25, 0.3) is 11.8 Å². The third kappa shape index (κ3) is 3.80. The first-order valence-electron chi connectivity index (χ1n) is 8.37. The van der Waals surface area contributed by atoms with Crippen LogP contribution in [0, 0.1) is 11.3 Å². The summed E-state index contributed by atoms with van der Waals surface area (Å²) in [7, 11) is 3.60. The third-order valence-electron chi connectivity index (χ3n) is 5.00. The van der Waals surface area contributed by atoms with Crippen molar-refractivity contribution in [2.45, 2.75) is 24.4 Å². The molecule has 1 aromatic rings. The van der Waals surface area contributed by atoms with E-state index in [0.717, 1.165) is 13.1 Å². The Kier molecular flexibility index (Phi) is 4.76. The molecule has 0 N–H and O–H groups in total. The van der Waals surface area contributed by atoms with Crippen molar-refractivity contribution in [3.05, 3.63) is 35.4 Å². The summed E-state index contributed by atoms with van der Waals surface area (Å²) in [6, 6.07) is 8.24. The lowest BCUT2D eigenvalue weighted by molar-refractivity contribution is -0.00983. The maximum Gasteiger partial charge on any atom is 0.262 e. The molecule has 2 heterocycles. The van der Waals surface area contributed by atoms with Crippen molar-refractivity contribution in [1.82, 2.24) is 14.7 Å². The molecule has 1 aromatic carbocycles. The average molecular weight is 348 g/mol. The van der Waals surface area contributed by atoms with Gasteiger partial charge in [0.05, 0.1) is 18.2 Å². The number of rotatable bonds is 4. The first-order valence-corrected chi connectivity index (χ1v) is 8.37. The van der Waals surface area contributed by atoms with E-state index >= 15 is 0 Å². The van der Waals surface area contributed by atoms with Gasteiger partial charge in [-0.05, 0) is 25.2 Å². The Labute approximate surface area is 146 Å². The maximum absolute atomic E-state index is 13.9. The zero-order chi connectivity index (χ0) is 18.2. The van der Waals surface area contributed by atoms with E-state index in [1.807, 2.05) is 18.0 Å². The van der Waals surface area contributed by atoms with E-state index in [-0.39, 0.29) is 37.5 Å². The van der Waals surface area contributed by atoms with E-state index in [1.165, 1.54) is 11.0 Å². The highest BCUT2D eigenvalue weighted by molar-refractivity contribution is 5.94. The molecule has 0 radical (unpaired) electrons. The van der Waals surface area contributed by atoms with E-state index in [4.69, 9.17) is 5.26 Å². The fraction of sp³-hybridized carbons (Fsp3) is 0.556. The minimum absolute atomic E-state index is 0.133. The molecule has 1 atom stereocenters. The fourth-order valence-corrected chi connectivity index (χ4v) is 3.74. The van der Waals surface area contributed by atoms with Crippen LogP contribution in [-0.4, -0.2) is 78.9 Å². The monoisotopic (exact) mass is 348 g/mol. The van der Waals surface area contributed by atoms with Gasteiger partial charge in [0.1, 0.15) is 0 Å². The van der Waals surface area contributed by atoms with Crippen molar-refractivity contribution in [3.63, 3.8) is 0 Å². The molecule has 0 spiro atoms. The van der Waals surface area contributed by atoms with Gasteiger partial charge in [0.15, 0.2) is 0 Å². The minimum Gasteiger partial charge on any atom is -0.340 e. The second-order valence-corrected chi connectivity index (χ2v) is 7.14. The van der Waals surface area contributed by atoms with Gasteiger partial charge < -0.3 is 9.80 Å². The molecule has 0 aliphatic carbocycles. The lowest BCUT2D eigenvalue weighted by Gasteiger charge is -2.44. The molecule has 3 rings (SSSR count). The van der Waals surface area contributed by atoms with Gasteiger partial charge in [0, 0.05) is 50.7 Å². The summed E-state index contributed by atoms with van der Waals surface area (Å²) in [5, 5.41) is 8.95. The number of hydrogen-bond donors (Lipinski definition) is 0. The number of amides is 1. The van der Waals surface area contributed by atoms with Crippen molar-refractivity contribution >= 4 is 5.91 Å². The molecule has 2 aliphatic rings. The number of likely N-dealkylation sites (tertiary alicyclic amines) is 2. The Morgan fingerprint density at radius 1 is 1.44 bits per heavy atom. The molecule has 2 aliphatic heterocycles. The topological polar surface area (TPSA) is 50.6 Å². The first kappa shape index (κ1) is 17.8. The lowest BCUT2D eigenvalue weighted by atomic mass is 10.1. The Bertz CT molecular complexity index is 697. The number of hydrogen-bond acceptors (Lipinski definition) is 4. The Morgan fingerprint density at radius 2 is 2.16 bits per heavy atom. The molecule has 0 saturated carbocycles. The van der Waals surface area contributed by atoms with Crippen molar-refractivity contribution < 1.29 is 13.6 Å². The number of alkyl halides is 2. The predicted molar refractivity (Wildman–Crippen MR) is 89.5 cm³/mol. The lowest BCUT2D eigenvalue weighted by Crippen LogP contribution is -2.60. The standard InChI is InChI=1S/C18H22F2N4O/c1-22-9-16(10-22)24-12-18(19,20)7-15(24)11-23(2)17(25)14-5-3-4-13(6-14)8-21/h3-6,15-16H,7,9-12H2,1-2H3/t15-/m0/s1. The number of likely N-dealkylation sites (N-methyl/N-ethyl adjacent to an activating group) is 2. The highest BCUT2D eigenvalue weighted by Crippen LogP contribution is 2.35. The van der Waals surface area contributed by atoms with Gasteiger partial charge in [-0.25, -0.2) is 8.78 Å².